The average Bonchev–Trinajstić information content (AvgIpc) is 1.53. The minimum Gasteiger partial charge on any atom is -0.343 e. The number of para-hydroxylation sites is 5. The number of anilines is 5. The number of rotatable bonds is 11. The van der Waals surface area contributed by atoms with Gasteiger partial charge in [-0.25, -0.2) is 0 Å². The quantitative estimate of drug-likeness (QED) is 0.125. The summed E-state index contributed by atoms with van der Waals surface area (Å²) in [5.74, 6) is 2.71. The number of benzene rings is 6. The Morgan fingerprint density at radius 3 is 0.898 bits per heavy atom. The largest absolute Gasteiger partial charge is 0.343 e. The van der Waals surface area contributed by atoms with Crippen molar-refractivity contribution in [2.24, 2.45) is 29.6 Å². The van der Waals surface area contributed by atoms with Crippen molar-refractivity contribution < 1.29 is 21.9 Å². The Labute approximate surface area is 795 Å². The molecule has 9 atom stereocenters. The van der Waals surface area contributed by atoms with Gasteiger partial charge in [0.1, 0.15) is 30.8 Å². The normalized spacial score (nSPS) is 30.3. The highest BCUT2D eigenvalue weighted by Crippen LogP contribution is 2.60. The molecule has 5 saturated carbocycles. The summed E-state index contributed by atoms with van der Waals surface area (Å²) in [6, 6.07) is 49.4. The van der Waals surface area contributed by atoms with Gasteiger partial charge in [0.15, 0.2) is 0 Å². The minimum absolute atomic E-state index is 0. The molecule has 684 valence electrons. The van der Waals surface area contributed by atoms with Crippen molar-refractivity contribution >= 4 is 28.4 Å². The third kappa shape index (κ3) is 16.5. The maximum atomic E-state index is 8.72. The Bertz CT molecular complexity index is 5780. The van der Waals surface area contributed by atoms with Crippen molar-refractivity contribution in [3.8, 4) is 0 Å². The summed E-state index contributed by atoms with van der Waals surface area (Å²) in [5, 5.41) is 0. The van der Waals surface area contributed by atoms with E-state index in [-0.39, 0.29) is 53.8 Å². The lowest BCUT2D eigenvalue weighted by molar-refractivity contribution is 0.0111. The second-order valence-electron chi connectivity index (χ2n) is 38.1. The molecule has 0 amide bonds. The maximum Gasteiger partial charge on any atom is 0.104 e. The first-order valence-electron chi connectivity index (χ1n) is 54.6. The van der Waals surface area contributed by atoms with Crippen molar-refractivity contribution in [1.29, 1.82) is 0 Å². The molecule has 9 unspecified atom stereocenters. The summed E-state index contributed by atoms with van der Waals surface area (Å²) in [4.78, 5) is 20.9. The standard InChI is InChI=1S/C27H38N2.C26H36N2.C22H24N2.C21H28N2.C16H20N2.5CH4/c1-20-12-10-11-17-25(20)28-21(2)26-18-19-27(29(26)22(28)3,23-13-6-4-7-14-23)24-15-8-5-9-16-24;1-19-11-7-10-16-24(19)27-20(2)25-17-18-26(28(25)21(27)3,23-14-8-9-15-23)22-12-5-4-6-13-22;1-16-10-8-9-13-20(16)23-17(2)21-14-15-22(4,24(21)18(23)3)19-11-6-5-7-12-19;1-15-9-5-8-12-19(15)22-16(2)20-13-14-21(4,23(20)17(22)3)18-10-6-7-11-18;1-11-7-5-6-8-15(11)18-13(3)16-10-9-12(2)17(16)14(18)4;;;;;/h10-12,17-19,22-24H,4-9,13-16H2,1-3H3;7,10-11,16-18,21-23H,4-6,8-9,12-15H2,1-3H3;5-15,18H,1-4H3;5,8-9,12-14,17-18H,6-7,10-11H2,1-4H3;5-10,12,14H,1-4H3;5*1H4/i4*3D3;4D3,12D;;;;;. The van der Waals surface area contributed by atoms with Crippen LogP contribution in [0.4, 0.5) is 28.4 Å². The van der Waals surface area contributed by atoms with Crippen molar-refractivity contribution in [1.82, 2.24) is 24.5 Å². The number of allylic oxidation sites excluding steroid dienone is 10. The maximum absolute atomic E-state index is 8.72. The fourth-order valence-corrected chi connectivity index (χ4v) is 25.1. The summed E-state index contributed by atoms with van der Waals surface area (Å²) >= 11 is 0. The van der Waals surface area contributed by atoms with Crippen LogP contribution in [0.3, 0.4) is 0 Å². The molecule has 21 rings (SSSR count). The Kier molecular flexibility index (Phi) is 23.9. The SMILES string of the molecule is C.C.C.C.C.[2H]C([2H])([2H])C1N(c2ccccc2C)C(C)=C2C=CC(C)(C3CCCC3)N21.[2H]C([2H])([2H])C1N(c2ccccc2C)C(C)=C2C=CC(C)(c3ccccc3)N21.[2H]C([2H])([2H])C1N(c2ccccc2C)C(C)=C2C=CC(C3CCCCC3)(C3CCCC3)N21.[2H]C([2H])([2H])C1N(c2ccccc2C)C(C)=C2C=CC(C3CCCCC3)(C3CCCCC3)N21.[2H]C([2H])([2H])C1N(c2ccccc2C)C(C)=C2C=CC([2H])(C)N21. The van der Waals surface area contributed by atoms with Crippen LogP contribution in [0.15, 0.2) is 269 Å². The molecule has 10 heteroatoms. The molecule has 127 heavy (non-hydrogen) atoms. The third-order valence-corrected chi connectivity index (χ3v) is 31.5. The second-order valence-corrected chi connectivity index (χ2v) is 38.1. The zero-order chi connectivity index (χ0) is 98.7. The van der Waals surface area contributed by atoms with Gasteiger partial charge in [-0.05, 0) is 312 Å². The zero-order valence-corrected chi connectivity index (χ0v) is 75.2. The van der Waals surface area contributed by atoms with E-state index in [1.807, 2.05) is 158 Å². The molecule has 0 saturated heterocycles. The molecule has 0 aromatic heterocycles. The highest BCUT2D eigenvalue weighted by Gasteiger charge is 2.59. The lowest BCUT2D eigenvalue weighted by atomic mass is 9.64. The van der Waals surface area contributed by atoms with Gasteiger partial charge in [0.2, 0.25) is 0 Å². The van der Waals surface area contributed by atoms with Crippen LogP contribution in [0.1, 0.15) is 330 Å². The molecule has 15 aliphatic rings. The van der Waals surface area contributed by atoms with Crippen LogP contribution in [-0.2, 0) is 5.54 Å². The van der Waals surface area contributed by atoms with Crippen LogP contribution in [0.25, 0.3) is 0 Å². The zero-order valence-electron chi connectivity index (χ0n) is 91.2. The van der Waals surface area contributed by atoms with Crippen LogP contribution in [0, 0.1) is 64.2 Å². The molecule has 5 aliphatic carbocycles. The highest BCUT2D eigenvalue weighted by molar-refractivity contribution is 5.68. The number of hydrogen-bond donors (Lipinski definition) is 0. The summed E-state index contributed by atoms with van der Waals surface area (Å²) in [5.41, 5.74) is 20.6. The van der Waals surface area contributed by atoms with E-state index in [0.717, 1.165) is 119 Å². The summed E-state index contributed by atoms with van der Waals surface area (Å²) < 4.78 is 135. The predicted octanol–water partition coefficient (Wildman–Crippen LogP) is 31.2. The molecule has 10 nitrogen and oxygen atoms in total. The van der Waals surface area contributed by atoms with Gasteiger partial charge in [-0.2, -0.15) is 0 Å². The molecule has 10 heterocycles. The lowest BCUT2D eigenvalue weighted by Crippen LogP contribution is -2.59. The van der Waals surface area contributed by atoms with E-state index in [1.165, 1.54) is 148 Å². The van der Waals surface area contributed by atoms with E-state index in [9.17, 15) is 0 Å². The Hall–Kier alpha value is -9.28. The Morgan fingerprint density at radius 2 is 0.551 bits per heavy atom. The molecule has 0 radical (unpaired) electrons. The first-order chi connectivity index (χ1) is 65.3. The molecule has 5 fully saturated rings. The first-order valence-corrected chi connectivity index (χ1v) is 46.6. The van der Waals surface area contributed by atoms with Gasteiger partial charge < -0.3 is 49.0 Å². The van der Waals surface area contributed by atoms with Crippen LogP contribution < -0.4 is 24.5 Å². The Balaban J connectivity index is 0.000000159. The van der Waals surface area contributed by atoms with Crippen molar-refractivity contribution in [2.75, 3.05) is 24.5 Å². The smallest absolute Gasteiger partial charge is 0.104 e. The van der Waals surface area contributed by atoms with Crippen LogP contribution in [0.5, 0.6) is 0 Å². The van der Waals surface area contributed by atoms with Gasteiger partial charge in [-0.15, -0.1) is 0 Å². The van der Waals surface area contributed by atoms with E-state index in [4.69, 9.17) is 21.9 Å². The monoisotopic (exact) mass is 1730 g/mol. The van der Waals surface area contributed by atoms with E-state index in [2.05, 4.69) is 176 Å². The van der Waals surface area contributed by atoms with Crippen LogP contribution in [-0.4, -0.2) is 78.0 Å². The Morgan fingerprint density at radius 1 is 0.283 bits per heavy atom. The second kappa shape index (κ2) is 39.6. The molecule has 6 aromatic rings. The molecular weight excluding hydrogens is 1550 g/mol. The van der Waals surface area contributed by atoms with E-state index >= 15 is 0 Å². The van der Waals surface area contributed by atoms with E-state index in [1.54, 1.807) is 17.9 Å². The average molecular weight is 1730 g/mol. The van der Waals surface area contributed by atoms with Crippen LogP contribution >= 0.6 is 0 Å². The van der Waals surface area contributed by atoms with E-state index in [0.29, 0.717) is 29.6 Å². The van der Waals surface area contributed by atoms with Gasteiger partial charge in [0.05, 0.1) is 52.0 Å². The van der Waals surface area contributed by atoms with Crippen LogP contribution in [0.2, 0.25) is 0 Å². The van der Waals surface area contributed by atoms with Gasteiger partial charge >= 0.3 is 0 Å². The number of nitrogens with zero attached hydrogens (tertiary/aromatic N) is 10. The summed E-state index contributed by atoms with van der Waals surface area (Å²) in [6.45, 7) is 15.8. The van der Waals surface area contributed by atoms with Gasteiger partial charge in [-0.1, -0.05) is 272 Å². The van der Waals surface area contributed by atoms with E-state index < -0.39 is 76.6 Å². The number of fused-ring (bicyclic) bond motifs is 5. The minimum atomic E-state index is -2.22. The van der Waals surface area contributed by atoms with Crippen molar-refractivity contribution in [3.63, 3.8) is 0 Å². The number of aryl methyl sites for hydroxylation is 5. The predicted molar refractivity (Wildman–Crippen MR) is 548 cm³/mol. The highest BCUT2D eigenvalue weighted by atomic mass is 15.5. The van der Waals surface area contributed by atoms with Gasteiger partial charge in [0.25, 0.3) is 0 Å². The fraction of sp³-hybridized carbons (Fsp3) is 0.521. The molecule has 0 spiro atoms. The molecule has 0 N–H and O–H groups in total. The molecular formula is C117H166N10. The summed E-state index contributed by atoms with van der Waals surface area (Å²) in [6.07, 6.45) is 47.0. The molecule has 6 aromatic carbocycles. The van der Waals surface area contributed by atoms with Gasteiger partial charge in [0, 0.05) is 83.5 Å². The third-order valence-electron chi connectivity index (χ3n) is 31.5. The summed E-state index contributed by atoms with van der Waals surface area (Å²) in [7, 11) is 0. The first kappa shape index (κ1) is 76.6. The topological polar surface area (TPSA) is 32.4 Å². The van der Waals surface area contributed by atoms with Crippen molar-refractivity contribution in [2.45, 2.75) is 368 Å². The number of hydrogen-bond acceptors (Lipinski definition) is 10. The van der Waals surface area contributed by atoms with Crippen molar-refractivity contribution in [3.05, 3.63) is 303 Å². The molecule has 0 bridgehead atoms. The fourth-order valence-electron chi connectivity index (χ4n) is 25.1. The van der Waals surface area contributed by atoms with Gasteiger partial charge in [-0.3, -0.25) is 0 Å². The lowest BCUT2D eigenvalue weighted by Gasteiger charge is -2.53. The molecule has 10 aliphatic heterocycles.